The van der Waals surface area contributed by atoms with Crippen LogP contribution in [0.3, 0.4) is 0 Å². The molecule has 1 aromatic carbocycles. The van der Waals surface area contributed by atoms with E-state index in [9.17, 15) is 4.39 Å². The number of hydrogen-bond acceptors (Lipinski definition) is 1. The van der Waals surface area contributed by atoms with Crippen molar-refractivity contribution < 1.29 is 9.13 Å². The third-order valence-corrected chi connectivity index (χ3v) is 10.3. The van der Waals surface area contributed by atoms with Gasteiger partial charge in [-0.2, -0.15) is 0 Å². The average molecular weight is 499 g/mol. The molecule has 4 rings (SSSR count). The molecule has 1 aromatic rings. The fraction of sp³-hybridized carbons (Fsp3) is 0.824. The van der Waals surface area contributed by atoms with Crippen LogP contribution < -0.4 is 4.74 Å². The van der Waals surface area contributed by atoms with Gasteiger partial charge in [-0.05, 0) is 85.7 Å². The second kappa shape index (κ2) is 14.8. The molecule has 36 heavy (non-hydrogen) atoms. The third-order valence-electron chi connectivity index (χ3n) is 10.3. The monoisotopic (exact) mass is 498 g/mol. The molecule has 2 heteroatoms. The zero-order chi connectivity index (χ0) is 25.2. The Bertz CT molecular complexity index is 752. The van der Waals surface area contributed by atoms with Crippen molar-refractivity contribution in [1.29, 1.82) is 0 Å². The zero-order valence-electron chi connectivity index (χ0n) is 23.6. The molecule has 204 valence electrons. The molecule has 4 atom stereocenters. The lowest BCUT2D eigenvalue weighted by atomic mass is 9.63. The minimum absolute atomic E-state index is 0.0446. The van der Waals surface area contributed by atoms with Crippen molar-refractivity contribution in [2.75, 3.05) is 6.61 Å². The van der Waals surface area contributed by atoms with Crippen molar-refractivity contribution in [1.82, 2.24) is 0 Å². The highest BCUT2D eigenvalue weighted by Crippen LogP contribution is 2.49. The number of unbranched alkanes of at least 4 members (excludes halogenated alkanes) is 4. The number of hydrogen-bond donors (Lipinski definition) is 0. The molecule has 0 bridgehead atoms. The fourth-order valence-corrected chi connectivity index (χ4v) is 7.93. The summed E-state index contributed by atoms with van der Waals surface area (Å²) in [5.74, 6) is 5.80. The van der Waals surface area contributed by atoms with Crippen LogP contribution in [0.25, 0.3) is 0 Å². The molecule has 0 saturated heterocycles. The molecule has 3 aliphatic carbocycles. The molecular weight excluding hydrogens is 443 g/mol. The molecule has 0 aliphatic heterocycles. The SMILES string of the molecule is CCCCCCC1CCC(CCC2CCC3CC(c4ccc(OCCCC)cc4F)CCC3C2)CC1. The van der Waals surface area contributed by atoms with Gasteiger partial charge in [0.15, 0.2) is 0 Å². The van der Waals surface area contributed by atoms with E-state index in [1.807, 2.05) is 12.1 Å². The Morgan fingerprint density at radius 1 is 0.694 bits per heavy atom. The third kappa shape index (κ3) is 8.22. The predicted octanol–water partition coefficient (Wildman–Crippen LogP) is 10.9. The molecule has 3 fully saturated rings. The van der Waals surface area contributed by atoms with Crippen molar-refractivity contribution in [3.8, 4) is 5.75 Å². The van der Waals surface area contributed by atoms with E-state index < -0.39 is 0 Å². The second-order valence-electron chi connectivity index (χ2n) is 12.9. The summed E-state index contributed by atoms with van der Waals surface area (Å²) in [6.45, 7) is 5.15. The van der Waals surface area contributed by atoms with Gasteiger partial charge in [0, 0.05) is 6.07 Å². The summed E-state index contributed by atoms with van der Waals surface area (Å²) >= 11 is 0. The van der Waals surface area contributed by atoms with Gasteiger partial charge in [-0.3, -0.25) is 0 Å². The molecule has 0 aromatic heterocycles. The maximum absolute atomic E-state index is 14.9. The lowest BCUT2D eigenvalue weighted by Gasteiger charge is -2.43. The lowest BCUT2D eigenvalue weighted by molar-refractivity contribution is 0.108. The van der Waals surface area contributed by atoms with Crippen molar-refractivity contribution in [3.63, 3.8) is 0 Å². The number of halogens is 1. The Kier molecular flexibility index (Phi) is 11.5. The van der Waals surface area contributed by atoms with E-state index in [-0.39, 0.29) is 5.82 Å². The van der Waals surface area contributed by atoms with Crippen LogP contribution in [-0.4, -0.2) is 6.61 Å². The summed E-state index contributed by atoms with van der Waals surface area (Å²) in [6, 6.07) is 5.65. The highest BCUT2D eigenvalue weighted by molar-refractivity contribution is 5.31. The van der Waals surface area contributed by atoms with Crippen LogP contribution in [0, 0.1) is 35.4 Å². The fourth-order valence-electron chi connectivity index (χ4n) is 7.93. The van der Waals surface area contributed by atoms with E-state index >= 15 is 0 Å². The van der Waals surface area contributed by atoms with Crippen LogP contribution in [0.4, 0.5) is 4.39 Å². The Morgan fingerprint density at radius 3 is 2.11 bits per heavy atom. The maximum Gasteiger partial charge on any atom is 0.130 e. The highest BCUT2D eigenvalue weighted by Gasteiger charge is 2.36. The van der Waals surface area contributed by atoms with Gasteiger partial charge in [-0.15, -0.1) is 0 Å². The second-order valence-corrected chi connectivity index (χ2v) is 12.9. The van der Waals surface area contributed by atoms with Gasteiger partial charge in [-0.25, -0.2) is 4.39 Å². The Hall–Kier alpha value is -1.05. The Balaban J connectivity index is 1.15. The first-order chi connectivity index (χ1) is 17.7. The van der Waals surface area contributed by atoms with Crippen LogP contribution in [0.2, 0.25) is 0 Å². The highest BCUT2D eigenvalue weighted by atomic mass is 19.1. The number of benzene rings is 1. The van der Waals surface area contributed by atoms with Crippen LogP contribution >= 0.6 is 0 Å². The van der Waals surface area contributed by atoms with E-state index in [4.69, 9.17) is 4.74 Å². The maximum atomic E-state index is 14.9. The average Bonchev–Trinajstić information content (AvgIpc) is 2.90. The molecule has 0 amide bonds. The summed E-state index contributed by atoms with van der Waals surface area (Å²) in [5, 5.41) is 0. The summed E-state index contributed by atoms with van der Waals surface area (Å²) in [4.78, 5) is 0. The molecule has 4 unspecified atom stereocenters. The summed E-state index contributed by atoms with van der Waals surface area (Å²) < 4.78 is 20.7. The smallest absolute Gasteiger partial charge is 0.130 e. The summed E-state index contributed by atoms with van der Waals surface area (Å²) in [6.07, 6.45) is 26.3. The molecule has 3 saturated carbocycles. The van der Waals surface area contributed by atoms with Gasteiger partial charge in [0.1, 0.15) is 11.6 Å². The first kappa shape index (κ1) is 28.0. The molecule has 0 heterocycles. The molecule has 0 radical (unpaired) electrons. The molecule has 3 aliphatic rings. The quantitative estimate of drug-likeness (QED) is 0.246. The normalized spacial score (nSPS) is 30.6. The summed E-state index contributed by atoms with van der Waals surface area (Å²) in [7, 11) is 0. The van der Waals surface area contributed by atoms with Gasteiger partial charge in [0.2, 0.25) is 0 Å². The topological polar surface area (TPSA) is 9.23 Å². The Labute approximate surface area is 222 Å². The molecular formula is C34H55FO. The van der Waals surface area contributed by atoms with Crippen molar-refractivity contribution >= 4 is 0 Å². The molecule has 0 spiro atoms. The number of ether oxygens (including phenoxy) is 1. The summed E-state index contributed by atoms with van der Waals surface area (Å²) in [5.41, 5.74) is 0.944. The van der Waals surface area contributed by atoms with Crippen LogP contribution in [0.1, 0.15) is 147 Å². The van der Waals surface area contributed by atoms with E-state index in [1.54, 1.807) is 6.07 Å². The lowest BCUT2D eigenvalue weighted by Crippen LogP contribution is -2.31. The predicted molar refractivity (Wildman–Crippen MR) is 151 cm³/mol. The van der Waals surface area contributed by atoms with Gasteiger partial charge >= 0.3 is 0 Å². The number of rotatable bonds is 13. The van der Waals surface area contributed by atoms with Gasteiger partial charge in [0.25, 0.3) is 0 Å². The van der Waals surface area contributed by atoms with Crippen molar-refractivity contribution in [3.05, 3.63) is 29.6 Å². The van der Waals surface area contributed by atoms with Crippen molar-refractivity contribution in [2.45, 2.75) is 142 Å². The minimum atomic E-state index is -0.0446. The first-order valence-electron chi connectivity index (χ1n) is 16.1. The molecule has 0 N–H and O–H groups in total. The largest absolute Gasteiger partial charge is 0.493 e. The van der Waals surface area contributed by atoms with Gasteiger partial charge in [0.05, 0.1) is 6.61 Å². The number of fused-ring (bicyclic) bond motifs is 1. The van der Waals surface area contributed by atoms with Crippen LogP contribution in [0.5, 0.6) is 5.75 Å². The minimum Gasteiger partial charge on any atom is -0.493 e. The van der Waals surface area contributed by atoms with Crippen LogP contribution in [0.15, 0.2) is 18.2 Å². The first-order valence-corrected chi connectivity index (χ1v) is 16.1. The van der Waals surface area contributed by atoms with Crippen LogP contribution in [-0.2, 0) is 0 Å². The van der Waals surface area contributed by atoms with E-state index in [1.165, 1.54) is 109 Å². The molecule has 1 nitrogen and oxygen atoms in total. The zero-order valence-corrected chi connectivity index (χ0v) is 23.6. The van der Waals surface area contributed by atoms with Gasteiger partial charge in [-0.1, -0.05) is 103 Å². The van der Waals surface area contributed by atoms with E-state index in [0.717, 1.165) is 48.0 Å². The Morgan fingerprint density at radius 2 is 1.36 bits per heavy atom. The van der Waals surface area contributed by atoms with E-state index in [2.05, 4.69) is 13.8 Å². The standard InChI is InChI=1S/C34H55FO/c1-3-5-7-8-9-26-10-12-27(13-11-26)14-15-28-16-17-30-24-31(19-18-29(30)23-28)33-21-20-32(25-34(33)35)36-22-6-4-2/h20-21,25-31H,3-19,22-24H2,1-2H3. The van der Waals surface area contributed by atoms with E-state index in [0.29, 0.717) is 18.3 Å². The van der Waals surface area contributed by atoms with Gasteiger partial charge < -0.3 is 4.74 Å². The van der Waals surface area contributed by atoms with Crippen molar-refractivity contribution in [2.24, 2.45) is 29.6 Å².